The molecule has 1 saturated carbocycles. The molecule has 2 rings (SSSR count). The summed E-state index contributed by atoms with van der Waals surface area (Å²) >= 11 is 0. The SMILES string of the molecule is CN(C)c1nc(NC2CCC(NC(=O)OC(C)(C)C)CC2)cc(C(F)(F)F)n1. The first-order valence-electron chi connectivity index (χ1n) is 9.23. The third-order valence-corrected chi connectivity index (χ3v) is 4.20. The molecule has 10 heteroatoms. The largest absolute Gasteiger partial charge is 0.444 e. The average molecular weight is 403 g/mol. The number of nitrogens with one attached hydrogen (secondary N) is 2. The molecule has 0 bridgehead atoms. The molecule has 0 aromatic carbocycles. The number of carbonyl (C=O) groups is 1. The molecule has 1 aromatic heterocycles. The van der Waals surface area contributed by atoms with Crippen molar-refractivity contribution in [1.29, 1.82) is 0 Å². The number of amides is 1. The van der Waals surface area contributed by atoms with Gasteiger partial charge in [-0.25, -0.2) is 9.78 Å². The van der Waals surface area contributed by atoms with E-state index >= 15 is 0 Å². The van der Waals surface area contributed by atoms with Crippen molar-refractivity contribution in [3.63, 3.8) is 0 Å². The number of halogens is 3. The summed E-state index contributed by atoms with van der Waals surface area (Å²) in [6.07, 6.45) is -2.19. The highest BCUT2D eigenvalue weighted by molar-refractivity contribution is 5.68. The van der Waals surface area contributed by atoms with Gasteiger partial charge in [-0.1, -0.05) is 0 Å². The quantitative estimate of drug-likeness (QED) is 0.796. The van der Waals surface area contributed by atoms with E-state index in [9.17, 15) is 18.0 Å². The van der Waals surface area contributed by atoms with Crippen LogP contribution in [-0.2, 0) is 10.9 Å². The molecule has 2 N–H and O–H groups in total. The van der Waals surface area contributed by atoms with E-state index in [1.807, 2.05) is 0 Å². The normalized spacial score (nSPS) is 20.4. The monoisotopic (exact) mass is 403 g/mol. The second-order valence-electron chi connectivity index (χ2n) is 8.17. The molecule has 0 atom stereocenters. The van der Waals surface area contributed by atoms with Crippen LogP contribution in [0.15, 0.2) is 6.07 Å². The highest BCUT2D eigenvalue weighted by Gasteiger charge is 2.34. The Morgan fingerprint density at radius 3 is 2.18 bits per heavy atom. The van der Waals surface area contributed by atoms with Gasteiger partial charge in [-0.05, 0) is 46.5 Å². The van der Waals surface area contributed by atoms with Gasteiger partial charge < -0.3 is 20.3 Å². The van der Waals surface area contributed by atoms with E-state index in [0.717, 1.165) is 6.07 Å². The van der Waals surface area contributed by atoms with Gasteiger partial charge in [0.25, 0.3) is 0 Å². The number of carbonyl (C=O) groups excluding carboxylic acids is 1. The van der Waals surface area contributed by atoms with E-state index in [2.05, 4.69) is 20.6 Å². The smallest absolute Gasteiger partial charge is 0.433 e. The zero-order valence-corrected chi connectivity index (χ0v) is 16.9. The summed E-state index contributed by atoms with van der Waals surface area (Å²) in [5.74, 6) is 0.146. The van der Waals surface area contributed by atoms with E-state index in [1.54, 1.807) is 34.9 Å². The standard InChI is InChI=1S/C18H28F3N5O2/c1-17(2,3)28-16(27)23-12-8-6-11(7-9-12)22-14-10-13(18(19,20)21)24-15(25-14)26(4)5/h10-12H,6-9H2,1-5H3,(H,23,27)(H,22,24,25). The molecule has 1 amide bonds. The first kappa shape index (κ1) is 22.0. The molecule has 28 heavy (non-hydrogen) atoms. The van der Waals surface area contributed by atoms with Crippen molar-refractivity contribution in [3.8, 4) is 0 Å². The highest BCUT2D eigenvalue weighted by Crippen LogP contribution is 2.31. The molecule has 0 radical (unpaired) electrons. The lowest BCUT2D eigenvalue weighted by atomic mass is 9.91. The van der Waals surface area contributed by atoms with Crippen LogP contribution in [0.2, 0.25) is 0 Å². The molecule has 0 unspecified atom stereocenters. The minimum atomic E-state index is -4.54. The Hall–Kier alpha value is -2.26. The van der Waals surface area contributed by atoms with Crippen LogP contribution in [0.5, 0.6) is 0 Å². The van der Waals surface area contributed by atoms with Crippen LogP contribution < -0.4 is 15.5 Å². The second kappa shape index (κ2) is 8.40. The second-order valence-corrected chi connectivity index (χ2v) is 8.17. The van der Waals surface area contributed by atoms with Crippen LogP contribution in [0, 0.1) is 0 Å². The third-order valence-electron chi connectivity index (χ3n) is 4.20. The van der Waals surface area contributed by atoms with Crippen LogP contribution in [0.3, 0.4) is 0 Å². The van der Waals surface area contributed by atoms with Gasteiger partial charge in [-0.2, -0.15) is 18.2 Å². The van der Waals surface area contributed by atoms with Crippen LogP contribution in [-0.4, -0.2) is 47.8 Å². The lowest BCUT2D eigenvalue weighted by Crippen LogP contribution is -2.42. The summed E-state index contributed by atoms with van der Waals surface area (Å²) < 4.78 is 44.5. The summed E-state index contributed by atoms with van der Waals surface area (Å²) in [6, 6.07) is 0.891. The van der Waals surface area contributed by atoms with E-state index in [-0.39, 0.29) is 23.8 Å². The van der Waals surface area contributed by atoms with Gasteiger partial charge in [0.2, 0.25) is 5.95 Å². The van der Waals surface area contributed by atoms with Crippen LogP contribution in [0.1, 0.15) is 52.1 Å². The van der Waals surface area contributed by atoms with E-state index in [0.29, 0.717) is 25.7 Å². The molecule has 1 aliphatic carbocycles. The highest BCUT2D eigenvalue weighted by atomic mass is 19.4. The zero-order valence-electron chi connectivity index (χ0n) is 16.9. The Morgan fingerprint density at radius 1 is 1.11 bits per heavy atom. The van der Waals surface area contributed by atoms with Crippen molar-refractivity contribution in [2.24, 2.45) is 0 Å². The molecular weight excluding hydrogens is 375 g/mol. The lowest BCUT2D eigenvalue weighted by Gasteiger charge is -2.31. The number of alkyl halides is 3. The van der Waals surface area contributed by atoms with Crippen molar-refractivity contribution in [3.05, 3.63) is 11.8 Å². The summed E-state index contributed by atoms with van der Waals surface area (Å²) in [5.41, 5.74) is -1.54. The first-order valence-corrected chi connectivity index (χ1v) is 9.23. The Balaban J connectivity index is 1.95. The number of anilines is 2. The van der Waals surface area contributed by atoms with E-state index in [1.165, 1.54) is 4.90 Å². The van der Waals surface area contributed by atoms with Gasteiger partial charge in [0.1, 0.15) is 11.4 Å². The van der Waals surface area contributed by atoms with Crippen molar-refractivity contribution in [2.75, 3.05) is 24.3 Å². The van der Waals surface area contributed by atoms with Gasteiger partial charge in [-0.15, -0.1) is 0 Å². The molecule has 1 fully saturated rings. The Bertz CT molecular complexity index is 681. The summed E-state index contributed by atoms with van der Waals surface area (Å²) in [5, 5.41) is 5.92. The number of nitrogens with zero attached hydrogens (tertiary/aromatic N) is 3. The van der Waals surface area contributed by atoms with Crippen molar-refractivity contribution in [1.82, 2.24) is 15.3 Å². The molecule has 0 aliphatic heterocycles. The zero-order chi connectivity index (χ0) is 21.1. The van der Waals surface area contributed by atoms with Gasteiger partial charge >= 0.3 is 12.3 Å². The van der Waals surface area contributed by atoms with Crippen LogP contribution in [0.25, 0.3) is 0 Å². The fourth-order valence-electron chi connectivity index (χ4n) is 2.92. The van der Waals surface area contributed by atoms with E-state index in [4.69, 9.17) is 4.74 Å². The number of hydrogen-bond donors (Lipinski definition) is 2. The maximum atomic E-state index is 13.1. The maximum absolute atomic E-state index is 13.1. The molecule has 7 nitrogen and oxygen atoms in total. The Labute approximate surface area is 163 Å². The minimum Gasteiger partial charge on any atom is -0.444 e. The van der Waals surface area contributed by atoms with Crippen molar-refractivity contribution in [2.45, 2.75) is 70.3 Å². The Kier molecular flexibility index (Phi) is 6.61. The number of rotatable bonds is 4. The average Bonchev–Trinajstić information content (AvgIpc) is 2.53. The molecule has 1 heterocycles. The molecular formula is C18H28F3N5O2. The van der Waals surface area contributed by atoms with Gasteiger partial charge in [0.05, 0.1) is 0 Å². The minimum absolute atomic E-state index is 0.00222. The predicted octanol–water partition coefficient (Wildman–Crippen LogP) is 3.81. The van der Waals surface area contributed by atoms with Crippen LogP contribution in [0.4, 0.5) is 29.7 Å². The lowest BCUT2D eigenvalue weighted by molar-refractivity contribution is -0.141. The fraction of sp³-hybridized carbons (Fsp3) is 0.722. The molecule has 1 aromatic rings. The summed E-state index contributed by atoms with van der Waals surface area (Å²) in [4.78, 5) is 21.0. The van der Waals surface area contributed by atoms with Gasteiger partial charge in [0.15, 0.2) is 5.69 Å². The van der Waals surface area contributed by atoms with Gasteiger partial charge in [0, 0.05) is 32.2 Å². The molecule has 1 aliphatic rings. The topological polar surface area (TPSA) is 79.4 Å². The third kappa shape index (κ3) is 6.72. The predicted molar refractivity (Wildman–Crippen MR) is 100 cm³/mol. The fourth-order valence-corrected chi connectivity index (χ4v) is 2.92. The van der Waals surface area contributed by atoms with Gasteiger partial charge in [-0.3, -0.25) is 0 Å². The first-order chi connectivity index (χ1) is 12.8. The molecule has 0 saturated heterocycles. The van der Waals surface area contributed by atoms with Crippen LogP contribution >= 0.6 is 0 Å². The number of hydrogen-bond acceptors (Lipinski definition) is 6. The molecule has 0 spiro atoms. The Morgan fingerprint density at radius 2 is 1.68 bits per heavy atom. The number of ether oxygens (including phenoxy) is 1. The summed E-state index contributed by atoms with van der Waals surface area (Å²) in [6.45, 7) is 5.39. The molecule has 158 valence electrons. The number of alkyl carbamates (subject to hydrolysis) is 1. The van der Waals surface area contributed by atoms with E-state index < -0.39 is 23.6 Å². The van der Waals surface area contributed by atoms with Crippen molar-refractivity contribution < 1.29 is 22.7 Å². The number of aromatic nitrogens is 2. The maximum Gasteiger partial charge on any atom is 0.433 e. The summed E-state index contributed by atoms with van der Waals surface area (Å²) in [7, 11) is 3.18. The van der Waals surface area contributed by atoms with Crippen molar-refractivity contribution >= 4 is 17.9 Å².